The van der Waals surface area contributed by atoms with Crippen molar-refractivity contribution in [2.75, 3.05) is 0 Å². The van der Waals surface area contributed by atoms with Gasteiger partial charge in [-0.15, -0.1) is 0 Å². The summed E-state index contributed by atoms with van der Waals surface area (Å²) < 4.78 is 28.0. The van der Waals surface area contributed by atoms with Crippen molar-refractivity contribution in [3.8, 4) is 0 Å². The van der Waals surface area contributed by atoms with Gasteiger partial charge in [0.2, 0.25) is 0 Å². The minimum absolute atomic E-state index is 0.0896. The van der Waals surface area contributed by atoms with Crippen LogP contribution in [-0.4, -0.2) is 5.11 Å². The Balaban J connectivity index is 2.22. The molecule has 1 atom stereocenters. The molecule has 2 aromatic rings. The summed E-state index contributed by atoms with van der Waals surface area (Å²) in [5.74, 6) is -0.842. The van der Waals surface area contributed by atoms with E-state index in [1.807, 2.05) is 0 Å². The number of aliphatic hydroxyl groups is 1. The highest BCUT2D eigenvalue weighted by atomic mass is 79.9. The van der Waals surface area contributed by atoms with Crippen molar-refractivity contribution in [3.63, 3.8) is 0 Å². The maximum absolute atomic E-state index is 13.6. The molecule has 0 aliphatic carbocycles. The third kappa shape index (κ3) is 3.61. The summed E-state index contributed by atoms with van der Waals surface area (Å²) in [6.45, 7) is 0. The van der Waals surface area contributed by atoms with Crippen molar-refractivity contribution in [1.82, 2.24) is 0 Å². The zero-order valence-corrected chi connectivity index (χ0v) is 12.9. The normalized spacial score (nSPS) is 12.5. The van der Waals surface area contributed by atoms with Crippen LogP contribution in [0.1, 0.15) is 17.2 Å². The monoisotopic (exact) mass is 390 g/mol. The maximum Gasteiger partial charge on any atom is 0.137 e. The molecule has 1 N–H and O–H groups in total. The van der Waals surface area contributed by atoms with Crippen LogP contribution in [0, 0.1) is 11.6 Å². The summed E-state index contributed by atoms with van der Waals surface area (Å²) in [4.78, 5) is 0. The van der Waals surface area contributed by atoms with Crippen LogP contribution >= 0.6 is 31.9 Å². The summed E-state index contributed by atoms with van der Waals surface area (Å²) in [5.41, 5.74) is 0.797. The number of hydrogen-bond acceptors (Lipinski definition) is 1. The highest BCUT2D eigenvalue weighted by Crippen LogP contribution is 2.25. The summed E-state index contributed by atoms with van der Waals surface area (Å²) in [5, 5.41) is 10.0. The van der Waals surface area contributed by atoms with E-state index < -0.39 is 11.9 Å². The van der Waals surface area contributed by atoms with Gasteiger partial charge in [-0.1, -0.05) is 22.0 Å². The Morgan fingerprint density at radius 2 is 1.74 bits per heavy atom. The molecule has 0 radical (unpaired) electrons. The van der Waals surface area contributed by atoms with Gasteiger partial charge in [0, 0.05) is 10.9 Å². The summed E-state index contributed by atoms with van der Waals surface area (Å²) in [6, 6.07) is 8.89. The van der Waals surface area contributed by atoms with Crippen LogP contribution in [0.3, 0.4) is 0 Å². The van der Waals surface area contributed by atoms with Gasteiger partial charge in [-0.25, -0.2) is 8.78 Å². The van der Waals surface area contributed by atoms with Crippen LogP contribution in [0.15, 0.2) is 45.3 Å². The fraction of sp³-hybridized carbons (Fsp3) is 0.143. The summed E-state index contributed by atoms with van der Waals surface area (Å²) in [6.07, 6.45) is -0.863. The largest absolute Gasteiger partial charge is 0.388 e. The molecule has 2 rings (SSSR count). The van der Waals surface area contributed by atoms with Gasteiger partial charge in [0.15, 0.2) is 0 Å². The highest BCUT2D eigenvalue weighted by Gasteiger charge is 2.13. The maximum atomic E-state index is 13.6. The van der Waals surface area contributed by atoms with Crippen molar-refractivity contribution in [2.45, 2.75) is 12.5 Å². The molecule has 0 saturated heterocycles. The lowest BCUT2D eigenvalue weighted by molar-refractivity contribution is 0.176. The van der Waals surface area contributed by atoms with E-state index in [2.05, 4.69) is 31.9 Å². The number of rotatable bonds is 3. The minimum atomic E-state index is -0.952. The molecular weight excluding hydrogens is 382 g/mol. The lowest BCUT2D eigenvalue weighted by Crippen LogP contribution is -2.04. The summed E-state index contributed by atoms with van der Waals surface area (Å²) >= 11 is 6.29. The first-order valence-corrected chi connectivity index (χ1v) is 7.13. The Labute approximate surface area is 126 Å². The average Bonchev–Trinajstić information content (AvgIpc) is 2.37. The first-order valence-electron chi connectivity index (χ1n) is 5.54. The third-order valence-electron chi connectivity index (χ3n) is 2.75. The van der Waals surface area contributed by atoms with Crippen LogP contribution in [0.4, 0.5) is 8.78 Å². The topological polar surface area (TPSA) is 20.2 Å². The Bertz CT molecular complexity index is 602. The molecule has 0 spiro atoms. The van der Waals surface area contributed by atoms with Crippen LogP contribution in [0.5, 0.6) is 0 Å². The van der Waals surface area contributed by atoms with E-state index in [9.17, 15) is 13.9 Å². The first kappa shape index (κ1) is 14.6. The molecule has 1 unspecified atom stereocenters. The zero-order valence-electron chi connectivity index (χ0n) is 9.71. The standard InChI is InChI=1S/C14H10Br2F2O/c15-10-2-4-12(17)9(5-10)7-14(19)8-1-3-11(16)13(18)6-8/h1-6,14,19H,7H2. The van der Waals surface area contributed by atoms with Crippen molar-refractivity contribution < 1.29 is 13.9 Å². The molecule has 0 heterocycles. The van der Waals surface area contributed by atoms with Gasteiger partial charge < -0.3 is 5.11 Å². The molecule has 0 saturated carbocycles. The molecular formula is C14H10Br2F2O. The molecule has 2 aromatic carbocycles. The fourth-order valence-electron chi connectivity index (χ4n) is 1.75. The Morgan fingerprint density at radius 3 is 2.42 bits per heavy atom. The number of hydrogen-bond donors (Lipinski definition) is 1. The zero-order chi connectivity index (χ0) is 14.0. The van der Waals surface area contributed by atoms with Gasteiger partial charge in [-0.2, -0.15) is 0 Å². The molecule has 19 heavy (non-hydrogen) atoms. The van der Waals surface area contributed by atoms with E-state index in [1.165, 1.54) is 18.2 Å². The average molecular weight is 392 g/mol. The van der Waals surface area contributed by atoms with E-state index in [1.54, 1.807) is 18.2 Å². The second-order valence-corrected chi connectivity index (χ2v) is 5.90. The Hall–Kier alpha value is -0.780. The van der Waals surface area contributed by atoms with Crippen LogP contribution < -0.4 is 0 Å². The molecule has 100 valence electrons. The van der Waals surface area contributed by atoms with E-state index in [0.717, 1.165) is 4.47 Å². The minimum Gasteiger partial charge on any atom is -0.388 e. The molecule has 0 bridgehead atoms. The van der Waals surface area contributed by atoms with E-state index in [-0.39, 0.29) is 12.2 Å². The smallest absolute Gasteiger partial charge is 0.137 e. The van der Waals surface area contributed by atoms with E-state index in [0.29, 0.717) is 15.6 Å². The van der Waals surface area contributed by atoms with Crippen molar-refractivity contribution in [2.24, 2.45) is 0 Å². The molecule has 0 aliphatic heterocycles. The second-order valence-electron chi connectivity index (χ2n) is 4.13. The molecule has 1 nitrogen and oxygen atoms in total. The quantitative estimate of drug-likeness (QED) is 0.799. The number of halogens is 4. The molecule has 0 aliphatic rings. The lowest BCUT2D eigenvalue weighted by Gasteiger charge is -2.12. The van der Waals surface area contributed by atoms with Crippen molar-refractivity contribution in [3.05, 3.63) is 68.1 Å². The van der Waals surface area contributed by atoms with E-state index >= 15 is 0 Å². The van der Waals surface area contributed by atoms with Crippen LogP contribution in [0.2, 0.25) is 0 Å². The predicted octanol–water partition coefficient (Wildman–Crippen LogP) is 4.77. The van der Waals surface area contributed by atoms with Gasteiger partial charge in [-0.05, 0) is 57.4 Å². The lowest BCUT2D eigenvalue weighted by atomic mass is 10.0. The van der Waals surface area contributed by atoms with Gasteiger partial charge in [-0.3, -0.25) is 0 Å². The Morgan fingerprint density at radius 1 is 1.00 bits per heavy atom. The van der Waals surface area contributed by atoms with Gasteiger partial charge in [0.05, 0.1) is 10.6 Å². The van der Waals surface area contributed by atoms with Gasteiger partial charge >= 0.3 is 0 Å². The van der Waals surface area contributed by atoms with E-state index in [4.69, 9.17) is 0 Å². The molecule has 0 amide bonds. The van der Waals surface area contributed by atoms with Gasteiger partial charge in [0.25, 0.3) is 0 Å². The molecule has 0 aromatic heterocycles. The highest BCUT2D eigenvalue weighted by molar-refractivity contribution is 9.10. The fourth-order valence-corrected chi connectivity index (χ4v) is 2.40. The van der Waals surface area contributed by atoms with Crippen LogP contribution in [0.25, 0.3) is 0 Å². The van der Waals surface area contributed by atoms with Crippen molar-refractivity contribution >= 4 is 31.9 Å². The van der Waals surface area contributed by atoms with Crippen molar-refractivity contribution in [1.29, 1.82) is 0 Å². The molecule has 5 heteroatoms. The first-order chi connectivity index (χ1) is 8.97. The molecule has 0 fully saturated rings. The van der Waals surface area contributed by atoms with Crippen LogP contribution in [-0.2, 0) is 6.42 Å². The number of aliphatic hydroxyl groups excluding tert-OH is 1. The predicted molar refractivity (Wildman–Crippen MR) is 76.9 cm³/mol. The SMILES string of the molecule is OC(Cc1cc(Br)ccc1F)c1ccc(Br)c(F)c1. The van der Waals surface area contributed by atoms with Gasteiger partial charge in [0.1, 0.15) is 11.6 Å². The third-order valence-corrected chi connectivity index (χ3v) is 3.89. The summed E-state index contributed by atoms with van der Waals surface area (Å²) in [7, 11) is 0. The Kier molecular flexibility index (Phi) is 4.71. The number of benzene rings is 2. The second kappa shape index (κ2) is 6.11.